The van der Waals surface area contributed by atoms with E-state index in [1.807, 2.05) is 7.05 Å². The molecule has 5 nitrogen and oxygen atoms in total. The van der Waals surface area contributed by atoms with Gasteiger partial charge >= 0.3 is 0 Å². The second kappa shape index (κ2) is 13.6. The normalized spacial score (nSPS) is 22.5. The Balaban J connectivity index is 0.00000400. The number of nitrogens with zero attached hydrogens (tertiary/aromatic N) is 1. The van der Waals surface area contributed by atoms with Crippen LogP contribution in [0.15, 0.2) is 4.99 Å². The van der Waals surface area contributed by atoms with E-state index >= 15 is 0 Å². The van der Waals surface area contributed by atoms with Gasteiger partial charge in [0.1, 0.15) is 0 Å². The number of rotatable bonds is 8. The molecule has 0 aromatic carbocycles. The summed E-state index contributed by atoms with van der Waals surface area (Å²) in [6.45, 7) is 5.32. The summed E-state index contributed by atoms with van der Waals surface area (Å²) < 4.78 is 10.4. The molecule has 0 saturated heterocycles. The van der Waals surface area contributed by atoms with E-state index in [-0.39, 0.29) is 24.0 Å². The molecule has 0 spiro atoms. The Labute approximate surface area is 146 Å². The van der Waals surface area contributed by atoms with Crippen LogP contribution in [0.1, 0.15) is 39.0 Å². The van der Waals surface area contributed by atoms with Gasteiger partial charge in [-0.15, -0.1) is 24.0 Å². The van der Waals surface area contributed by atoms with Crippen LogP contribution in [0.25, 0.3) is 0 Å². The van der Waals surface area contributed by atoms with Gasteiger partial charge in [-0.05, 0) is 38.0 Å². The van der Waals surface area contributed by atoms with Gasteiger partial charge in [0.2, 0.25) is 0 Å². The molecule has 0 atom stereocenters. The molecule has 2 N–H and O–H groups in total. The largest absolute Gasteiger partial charge is 0.382 e. The first-order valence-electron chi connectivity index (χ1n) is 7.80. The van der Waals surface area contributed by atoms with Crippen LogP contribution in [0.5, 0.6) is 0 Å². The number of methoxy groups -OCH3 is 1. The summed E-state index contributed by atoms with van der Waals surface area (Å²) in [4.78, 5) is 4.28. The van der Waals surface area contributed by atoms with E-state index in [0.717, 1.165) is 31.4 Å². The molecule has 1 aliphatic rings. The fraction of sp³-hybridized carbons (Fsp3) is 0.933. The van der Waals surface area contributed by atoms with Crippen LogP contribution in [0.3, 0.4) is 0 Å². The second-order valence-corrected chi connectivity index (χ2v) is 5.56. The molecule has 1 rings (SSSR count). The molecule has 1 saturated carbocycles. The smallest absolute Gasteiger partial charge is 0.191 e. The standard InChI is InChI=1S/C15H31N3O2.HI/c1-13-5-7-14(8-6-13)18-15(16-2)17-9-4-10-20-12-11-19-3;/h13-14H,4-12H2,1-3H3,(H2,16,17,18);1H. The molecule has 126 valence electrons. The van der Waals surface area contributed by atoms with Gasteiger partial charge in [-0.1, -0.05) is 6.92 Å². The predicted octanol–water partition coefficient (Wildman–Crippen LogP) is 2.40. The van der Waals surface area contributed by atoms with Crippen molar-refractivity contribution in [1.82, 2.24) is 10.6 Å². The van der Waals surface area contributed by atoms with Crippen molar-refractivity contribution in [3.8, 4) is 0 Å². The van der Waals surface area contributed by atoms with Gasteiger partial charge in [0.15, 0.2) is 5.96 Å². The van der Waals surface area contributed by atoms with Gasteiger partial charge in [0.05, 0.1) is 13.2 Å². The highest BCUT2D eigenvalue weighted by Gasteiger charge is 2.18. The Morgan fingerprint density at radius 3 is 2.48 bits per heavy atom. The predicted molar refractivity (Wildman–Crippen MR) is 98.6 cm³/mol. The maximum Gasteiger partial charge on any atom is 0.191 e. The number of aliphatic imine (C=N–C) groups is 1. The van der Waals surface area contributed by atoms with E-state index in [9.17, 15) is 0 Å². The number of hydrogen-bond donors (Lipinski definition) is 2. The lowest BCUT2D eigenvalue weighted by atomic mass is 9.87. The Morgan fingerprint density at radius 1 is 1.14 bits per heavy atom. The molecule has 0 bridgehead atoms. The Hall–Kier alpha value is -0.0800. The van der Waals surface area contributed by atoms with Gasteiger partial charge < -0.3 is 20.1 Å². The molecule has 21 heavy (non-hydrogen) atoms. The summed E-state index contributed by atoms with van der Waals surface area (Å²) in [7, 11) is 3.52. The first-order chi connectivity index (χ1) is 9.76. The van der Waals surface area contributed by atoms with Crippen molar-refractivity contribution < 1.29 is 9.47 Å². The van der Waals surface area contributed by atoms with Crippen molar-refractivity contribution in [2.45, 2.75) is 45.1 Å². The summed E-state index contributed by atoms with van der Waals surface area (Å²) in [5.41, 5.74) is 0. The third-order valence-corrected chi connectivity index (χ3v) is 3.77. The zero-order chi connectivity index (χ0) is 14.6. The molecule has 0 aliphatic heterocycles. The third kappa shape index (κ3) is 10.3. The molecule has 0 aromatic rings. The molecule has 0 amide bonds. The Kier molecular flexibility index (Phi) is 13.5. The summed E-state index contributed by atoms with van der Waals surface area (Å²) in [6.07, 6.45) is 6.13. The van der Waals surface area contributed by atoms with Crippen LogP contribution in [-0.2, 0) is 9.47 Å². The third-order valence-electron chi connectivity index (χ3n) is 3.77. The van der Waals surface area contributed by atoms with E-state index in [4.69, 9.17) is 9.47 Å². The van der Waals surface area contributed by atoms with E-state index in [2.05, 4.69) is 22.5 Å². The number of nitrogens with one attached hydrogen (secondary N) is 2. The first-order valence-corrected chi connectivity index (χ1v) is 7.80. The lowest BCUT2D eigenvalue weighted by molar-refractivity contribution is 0.0698. The van der Waals surface area contributed by atoms with E-state index in [1.54, 1.807) is 7.11 Å². The molecule has 1 fully saturated rings. The molecule has 0 heterocycles. The summed E-state index contributed by atoms with van der Waals surface area (Å²) >= 11 is 0. The van der Waals surface area contributed by atoms with Crippen LogP contribution >= 0.6 is 24.0 Å². The molecule has 0 radical (unpaired) electrons. The van der Waals surface area contributed by atoms with Crippen molar-refractivity contribution in [2.75, 3.05) is 40.5 Å². The minimum Gasteiger partial charge on any atom is -0.382 e. The summed E-state index contributed by atoms with van der Waals surface area (Å²) in [5.74, 6) is 1.80. The van der Waals surface area contributed by atoms with Crippen molar-refractivity contribution >= 4 is 29.9 Å². The van der Waals surface area contributed by atoms with Gasteiger partial charge in [-0.3, -0.25) is 4.99 Å². The van der Waals surface area contributed by atoms with Gasteiger partial charge in [-0.25, -0.2) is 0 Å². The topological polar surface area (TPSA) is 54.9 Å². The zero-order valence-electron chi connectivity index (χ0n) is 13.7. The fourth-order valence-corrected chi connectivity index (χ4v) is 2.42. The molecule has 1 aliphatic carbocycles. The van der Waals surface area contributed by atoms with Gasteiger partial charge in [0, 0.05) is 33.4 Å². The maximum absolute atomic E-state index is 5.43. The van der Waals surface area contributed by atoms with Crippen molar-refractivity contribution in [1.29, 1.82) is 0 Å². The number of guanidine groups is 1. The van der Waals surface area contributed by atoms with Gasteiger partial charge in [-0.2, -0.15) is 0 Å². The average Bonchev–Trinajstić information content (AvgIpc) is 2.47. The lowest BCUT2D eigenvalue weighted by Gasteiger charge is -2.28. The summed E-state index contributed by atoms with van der Waals surface area (Å²) in [5, 5.41) is 6.86. The number of halogens is 1. The Bertz CT molecular complexity index is 270. The number of ether oxygens (including phenoxy) is 2. The minimum atomic E-state index is 0. The molecule has 0 aromatic heterocycles. The van der Waals surface area contributed by atoms with Crippen LogP contribution in [0, 0.1) is 5.92 Å². The highest BCUT2D eigenvalue weighted by Crippen LogP contribution is 2.23. The van der Waals surface area contributed by atoms with E-state index in [0.29, 0.717) is 19.3 Å². The van der Waals surface area contributed by atoms with Crippen molar-refractivity contribution in [3.63, 3.8) is 0 Å². The quantitative estimate of drug-likeness (QED) is 0.278. The molecular weight excluding hydrogens is 381 g/mol. The fourth-order valence-electron chi connectivity index (χ4n) is 2.42. The van der Waals surface area contributed by atoms with Crippen LogP contribution < -0.4 is 10.6 Å². The highest BCUT2D eigenvalue weighted by molar-refractivity contribution is 14.0. The van der Waals surface area contributed by atoms with Crippen molar-refractivity contribution in [3.05, 3.63) is 0 Å². The monoisotopic (exact) mass is 413 g/mol. The van der Waals surface area contributed by atoms with Crippen LogP contribution in [0.2, 0.25) is 0 Å². The van der Waals surface area contributed by atoms with E-state index in [1.165, 1.54) is 25.7 Å². The average molecular weight is 413 g/mol. The first kappa shape index (κ1) is 20.9. The SMILES string of the molecule is CN=C(NCCCOCCOC)NC1CCC(C)CC1.I. The summed E-state index contributed by atoms with van der Waals surface area (Å²) in [6, 6.07) is 0.579. The highest BCUT2D eigenvalue weighted by atomic mass is 127. The van der Waals surface area contributed by atoms with Crippen LogP contribution in [0.4, 0.5) is 0 Å². The molecular formula is C15H32IN3O2. The zero-order valence-corrected chi connectivity index (χ0v) is 16.0. The lowest BCUT2D eigenvalue weighted by Crippen LogP contribution is -2.45. The minimum absolute atomic E-state index is 0. The molecule has 6 heteroatoms. The van der Waals surface area contributed by atoms with Crippen LogP contribution in [-0.4, -0.2) is 52.5 Å². The van der Waals surface area contributed by atoms with E-state index < -0.39 is 0 Å². The Morgan fingerprint density at radius 2 is 1.86 bits per heavy atom. The maximum atomic E-state index is 5.43. The van der Waals surface area contributed by atoms with Crippen molar-refractivity contribution in [2.24, 2.45) is 10.9 Å². The van der Waals surface area contributed by atoms with Gasteiger partial charge in [0.25, 0.3) is 0 Å². The molecule has 0 unspecified atom stereocenters. The number of hydrogen-bond acceptors (Lipinski definition) is 3. The second-order valence-electron chi connectivity index (χ2n) is 5.56.